The number of benzene rings is 1. The number of hydrogen-bond donors (Lipinski definition) is 3. The summed E-state index contributed by atoms with van der Waals surface area (Å²) in [7, 11) is 0. The van der Waals surface area contributed by atoms with Crippen molar-refractivity contribution in [3.05, 3.63) is 57.8 Å². The fraction of sp³-hybridized carbons (Fsp3) is 0.353. The van der Waals surface area contributed by atoms with Gasteiger partial charge >= 0.3 is 0 Å². The highest BCUT2D eigenvalue weighted by Crippen LogP contribution is 2.08. The molecule has 0 spiro atoms. The smallest absolute Gasteiger partial charge is 0.254 e. The minimum atomic E-state index is -0.843. The van der Waals surface area contributed by atoms with Crippen LogP contribution in [0.25, 0.3) is 0 Å². The van der Waals surface area contributed by atoms with E-state index in [4.69, 9.17) is 4.74 Å². The van der Waals surface area contributed by atoms with Crippen LogP contribution in [0.5, 0.6) is 5.75 Å². The highest BCUT2D eigenvalue weighted by Gasteiger charge is 2.13. The summed E-state index contributed by atoms with van der Waals surface area (Å²) in [5.41, 5.74) is 0.538. The highest BCUT2D eigenvalue weighted by molar-refractivity contribution is 5.78. The van der Waals surface area contributed by atoms with Gasteiger partial charge in [-0.25, -0.2) is 4.98 Å². The molecule has 1 aromatic heterocycles. The number of nitrogens with zero attached hydrogens (tertiary/aromatic N) is 1. The van der Waals surface area contributed by atoms with Crippen molar-refractivity contribution in [3.63, 3.8) is 0 Å². The van der Waals surface area contributed by atoms with Crippen molar-refractivity contribution in [2.24, 2.45) is 0 Å². The van der Waals surface area contributed by atoms with Gasteiger partial charge < -0.3 is 20.1 Å². The second-order valence-corrected chi connectivity index (χ2v) is 5.47. The average molecular weight is 331 g/mol. The molecule has 24 heavy (non-hydrogen) atoms. The Balaban J connectivity index is 1.80. The normalized spacial score (nSPS) is 11.8. The zero-order valence-corrected chi connectivity index (χ0v) is 13.7. The zero-order chi connectivity index (χ0) is 17.5. The first-order valence-corrected chi connectivity index (χ1v) is 7.64. The molecule has 1 heterocycles. The number of carbonyl (C=O) groups excluding carboxylic acids is 1. The number of carbonyl (C=O) groups is 1. The van der Waals surface area contributed by atoms with E-state index in [1.165, 1.54) is 0 Å². The minimum Gasteiger partial charge on any atom is -0.491 e. The minimum absolute atomic E-state index is 0.0436. The lowest BCUT2D eigenvalue weighted by molar-refractivity contribution is -0.121. The fourth-order valence-corrected chi connectivity index (χ4v) is 2.18. The van der Waals surface area contributed by atoms with Crippen molar-refractivity contribution in [1.29, 1.82) is 0 Å². The molecule has 7 heteroatoms. The molecular weight excluding hydrogens is 310 g/mol. The number of aliphatic hydroxyl groups excluding tert-OH is 1. The van der Waals surface area contributed by atoms with Crippen LogP contribution < -0.4 is 15.6 Å². The summed E-state index contributed by atoms with van der Waals surface area (Å²) < 4.78 is 5.40. The SMILES string of the molecule is Cc1nc(C)c(CC(=O)NCC(O)COc2ccccc2)c(=O)[nH]1. The lowest BCUT2D eigenvalue weighted by Gasteiger charge is -2.13. The van der Waals surface area contributed by atoms with Crippen LogP contribution in [0.3, 0.4) is 0 Å². The van der Waals surface area contributed by atoms with E-state index in [0.717, 1.165) is 0 Å². The van der Waals surface area contributed by atoms with Gasteiger partial charge in [-0.2, -0.15) is 0 Å². The molecule has 1 unspecified atom stereocenters. The van der Waals surface area contributed by atoms with E-state index >= 15 is 0 Å². The lowest BCUT2D eigenvalue weighted by Crippen LogP contribution is -2.37. The Labute approximate surface area is 139 Å². The first-order valence-electron chi connectivity index (χ1n) is 7.64. The molecule has 1 atom stereocenters. The van der Waals surface area contributed by atoms with Gasteiger partial charge in [-0.15, -0.1) is 0 Å². The first-order chi connectivity index (χ1) is 11.5. The summed E-state index contributed by atoms with van der Waals surface area (Å²) >= 11 is 0. The molecule has 0 aliphatic rings. The van der Waals surface area contributed by atoms with Gasteiger partial charge in [0.05, 0.1) is 6.42 Å². The van der Waals surface area contributed by atoms with Gasteiger partial charge in [0, 0.05) is 17.8 Å². The molecule has 0 saturated carbocycles. The molecule has 3 N–H and O–H groups in total. The van der Waals surface area contributed by atoms with Gasteiger partial charge in [0.25, 0.3) is 5.56 Å². The summed E-state index contributed by atoms with van der Waals surface area (Å²) in [5, 5.41) is 12.4. The topological polar surface area (TPSA) is 104 Å². The third-order valence-electron chi connectivity index (χ3n) is 3.40. The van der Waals surface area contributed by atoms with E-state index < -0.39 is 6.10 Å². The largest absolute Gasteiger partial charge is 0.491 e. The summed E-state index contributed by atoms with van der Waals surface area (Å²) in [4.78, 5) is 30.5. The molecule has 128 valence electrons. The molecule has 7 nitrogen and oxygen atoms in total. The van der Waals surface area contributed by atoms with Crippen LogP contribution in [0.1, 0.15) is 17.1 Å². The van der Waals surface area contributed by atoms with Crippen LogP contribution in [0, 0.1) is 13.8 Å². The number of ether oxygens (including phenoxy) is 1. The molecule has 0 aliphatic heterocycles. The number of para-hydroxylation sites is 1. The monoisotopic (exact) mass is 331 g/mol. The molecule has 0 fully saturated rings. The third kappa shape index (κ3) is 5.20. The number of hydrogen-bond acceptors (Lipinski definition) is 5. The van der Waals surface area contributed by atoms with Crippen LogP contribution in [0.4, 0.5) is 0 Å². The van der Waals surface area contributed by atoms with E-state index in [1.807, 2.05) is 18.2 Å². The van der Waals surface area contributed by atoms with Crippen molar-refractivity contribution in [2.75, 3.05) is 13.2 Å². The predicted octanol–water partition coefficient (Wildman–Crippen LogP) is 0.485. The van der Waals surface area contributed by atoms with Crippen LogP contribution >= 0.6 is 0 Å². The molecule has 0 bridgehead atoms. The maximum Gasteiger partial charge on any atom is 0.254 e. The van der Waals surface area contributed by atoms with Gasteiger partial charge in [0.15, 0.2) is 0 Å². The molecule has 0 saturated heterocycles. The molecule has 1 amide bonds. The number of nitrogens with one attached hydrogen (secondary N) is 2. The zero-order valence-electron chi connectivity index (χ0n) is 13.7. The number of aryl methyl sites for hydroxylation is 2. The number of aromatic nitrogens is 2. The summed E-state index contributed by atoms with van der Waals surface area (Å²) in [5.74, 6) is 0.805. The molecule has 2 rings (SSSR count). The summed E-state index contributed by atoms with van der Waals surface area (Å²) in [6.45, 7) is 3.48. The van der Waals surface area contributed by atoms with Crippen molar-refractivity contribution in [3.8, 4) is 5.75 Å². The van der Waals surface area contributed by atoms with E-state index in [-0.39, 0.29) is 31.0 Å². The first kappa shape index (κ1) is 17.7. The Morgan fingerprint density at radius 1 is 1.33 bits per heavy atom. The predicted molar refractivity (Wildman–Crippen MR) is 89.0 cm³/mol. The van der Waals surface area contributed by atoms with Gasteiger partial charge in [-0.05, 0) is 26.0 Å². The quantitative estimate of drug-likeness (QED) is 0.685. The number of aromatic amines is 1. The molecule has 2 aromatic rings. The van der Waals surface area contributed by atoms with Gasteiger partial charge in [-0.1, -0.05) is 18.2 Å². The Morgan fingerprint density at radius 2 is 2.04 bits per heavy atom. The van der Waals surface area contributed by atoms with Gasteiger partial charge in [-0.3, -0.25) is 9.59 Å². The number of rotatable bonds is 7. The third-order valence-corrected chi connectivity index (χ3v) is 3.40. The van der Waals surface area contributed by atoms with Gasteiger partial charge in [0.1, 0.15) is 24.3 Å². The van der Waals surface area contributed by atoms with Crippen LogP contribution in [-0.4, -0.2) is 40.2 Å². The lowest BCUT2D eigenvalue weighted by atomic mass is 10.1. The Bertz CT molecular complexity index is 743. The van der Waals surface area contributed by atoms with Crippen molar-refractivity contribution >= 4 is 5.91 Å². The van der Waals surface area contributed by atoms with Crippen molar-refractivity contribution < 1.29 is 14.6 Å². The van der Waals surface area contributed by atoms with Crippen molar-refractivity contribution in [2.45, 2.75) is 26.4 Å². The second kappa shape index (κ2) is 8.26. The molecule has 1 aromatic carbocycles. The van der Waals surface area contributed by atoms with E-state index in [0.29, 0.717) is 22.8 Å². The number of H-pyrrole nitrogens is 1. The average Bonchev–Trinajstić information content (AvgIpc) is 2.55. The molecule has 0 aliphatic carbocycles. The number of amides is 1. The van der Waals surface area contributed by atoms with Crippen LogP contribution in [0.2, 0.25) is 0 Å². The van der Waals surface area contributed by atoms with Crippen LogP contribution in [0.15, 0.2) is 35.1 Å². The Morgan fingerprint density at radius 3 is 2.71 bits per heavy atom. The second-order valence-electron chi connectivity index (χ2n) is 5.47. The summed E-state index contributed by atoms with van der Waals surface area (Å²) in [6.07, 6.45) is -0.926. The number of aliphatic hydroxyl groups is 1. The summed E-state index contributed by atoms with van der Waals surface area (Å²) in [6, 6.07) is 9.10. The maximum absolute atomic E-state index is 11.9. The van der Waals surface area contributed by atoms with Gasteiger partial charge in [0.2, 0.25) is 5.91 Å². The highest BCUT2D eigenvalue weighted by atomic mass is 16.5. The Hall–Kier alpha value is -2.67. The fourth-order valence-electron chi connectivity index (χ4n) is 2.18. The van der Waals surface area contributed by atoms with E-state index in [1.54, 1.807) is 26.0 Å². The van der Waals surface area contributed by atoms with Crippen molar-refractivity contribution in [1.82, 2.24) is 15.3 Å². The standard InChI is InChI=1S/C17H21N3O4/c1-11-15(17(23)20-12(2)19-11)8-16(22)18-9-13(21)10-24-14-6-4-3-5-7-14/h3-7,13,21H,8-10H2,1-2H3,(H,18,22)(H,19,20,23). The van der Waals surface area contributed by atoms with E-state index in [9.17, 15) is 14.7 Å². The molecule has 0 radical (unpaired) electrons. The van der Waals surface area contributed by atoms with E-state index in [2.05, 4.69) is 15.3 Å². The maximum atomic E-state index is 11.9. The van der Waals surface area contributed by atoms with Crippen LogP contribution in [-0.2, 0) is 11.2 Å². The molecular formula is C17H21N3O4. The Kier molecular flexibility index (Phi) is 6.08.